The standard InChI is InChI=1S/C32H48N2O6/c1-24(35)5-9-28-20-33-21-31(32(28)27-10-6-25(7-11-27)22-38-18-17-37-3)40-23-26-8-12-30-29(19-26)34(14-16-39-30)13-4-15-36-2/h6-8,10-12,19,24,28,31-33,35H,4-5,9,13-18,20-23H2,1-3H3/t24-,28+,31-,32-/m0/s1. The molecule has 0 spiro atoms. The first-order valence-electron chi connectivity index (χ1n) is 14.7. The van der Waals surface area contributed by atoms with Crippen LogP contribution in [0, 0.1) is 5.92 Å². The number of ether oxygens (including phenoxy) is 5. The lowest BCUT2D eigenvalue weighted by molar-refractivity contribution is -0.00912. The average Bonchev–Trinajstić information content (AvgIpc) is 2.98. The first kappa shape index (κ1) is 30.8. The van der Waals surface area contributed by atoms with Crippen LogP contribution in [0.1, 0.15) is 48.8 Å². The fourth-order valence-corrected chi connectivity index (χ4v) is 5.77. The van der Waals surface area contributed by atoms with Gasteiger partial charge in [0, 0.05) is 39.8 Å². The quantitative estimate of drug-likeness (QED) is 0.299. The summed E-state index contributed by atoms with van der Waals surface area (Å²) >= 11 is 0. The van der Waals surface area contributed by atoms with Crippen LogP contribution in [0.2, 0.25) is 0 Å². The van der Waals surface area contributed by atoms with Gasteiger partial charge in [0.25, 0.3) is 0 Å². The number of piperidine rings is 1. The van der Waals surface area contributed by atoms with Crippen LogP contribution in [0.3, 0.4) is 0 Å². The van der Waals surface area contributed by atoms with Crippen molar-refractivity contribution in [2.24, 2.45) is 5.92 Å². The summed E-state index contributed by atoms with van der Waals surface area (Å²) in [5, 5.41) is 13.6. The van der Waals surface area contributed by atoms with Gasteiger partial charge in [-0.2, -0.15) is 0 Å². The molecule has 8 heteroatoms. The maximum absolute atomic E-state index is 10.0. The molecule has 1 saturated heterocycles. The molecular formula is C32H48N2O6. The molecule has 2 aromatic rings. The minimum absolute atomic E-state index is 0.0293. The zero-order chi connectivity index (χ0) is 28.2. The molecule has 0 amide bonds. The third-order valence-corrected chi connectivity index (χ3v) is 7.90. The highest BCUT2D eigenvalue weighted by molar-refractivity contribution is 5.61. The highest BCUT2D eigenvalue weighted by Crippen LogP contribution is 2.37. The van der Waals surface area contributed by atoms with Gasteiger partial charge >= 0.3 is 0 Å². The molecule has 2 aromatic carbocycles. The van der Waals surface area contributed by atoms with Gasteiger partial charge in [-0.15, -0.1) is 0 Å². The van der Waals surface area contributed by atoms with E-state index in [4.69, 9.17) is 23.7 Å². The molecule has 0 saturated carbocycles. The van der Waals surface area contributed by atoms with Gasteiger partial charge in [-0.05, 0) is 67.5 Å². The summed E-state index contributed by atoms with van der Waals surface area (Å²) in [5.74, 6) is 1.56. The summed E-state index contributed by atoms with van der Waals surface area (Å²) < 4.78 is 28.6. The number of aliphatic hydroxyl groups excluding tert-OH is 1. The highest BCUT2D eigenvalue weighted by Gasteiger charge is 2.35. The third-order valence-electron chi connectivity index (χ3n) is 7.90. The number of aliphatic hydroxyl groups is 1. The minimum atomic E-state index is -0.307. The molecule has 222 valence electrons. The molecule has 1 fully saturated rings. The number of fused-ring (bicyclic) bond motifs is 1. The van der Waals surface area contributed by atoms with E-state index in [1.54, 1.807) is 14.2 Å². The van der Waals surface area contributed by atoms with Crippen molar-refractivity contribution in [1.29, 1.82) is 0 Å². The van der Waals surface area contributed by atoms with Gasteiger partial charge in [-0.25, -0.2) is 0 Å². The van der Waals surface area contributed by atoms with Crippen molar-refractivity contribution in [3.8, 4) is 5.75 Å². The van der Waals surface area contributed by atoms with Crippen molar-refractivity contribution in [2.75, 3.05) is 71.7 Å². The predicted molar refractivity (Wildman–Crippen MR) is 157 cm³/mol. The molecule has 4 atom stereocenters. The number of nitrogens with one attached hydrogen (secondary N) is 1. The van der Waals surface area contributed by atoms with E-state index in [2.05, 4.69) is 52.7 Å². The summed E-state index contributed by atoms with van der Waals surface area (Å²) in [7, 11) is 3.43. The lowest BCUT2D eigenvalue weighted by Gasteiger charge is -2.39. The number of anilines is 1. The Morgan fingerprint density at radius 1 is 1.00 bits per heavy atom. The largest absolute Gasteiger partial charge is 0.490 e. The number of hydrogen-bond donors (Lipinski definition) is 2. The number of rotatable bonds is 16. The fraction of sp³-hybridized carbons (Fsp3) is 0.625. The van der Waals surface area contributed by atoms with E-state index < -0.39 is 0 Å². The van der Waals surface area contributed by atoms with Crippen molar-refractivity contribution < 1.29 is 28.8 Å². The molecule has 2 aliphatic rings. The Balaban J connectivity index is 1.45. The molecule has 0 aromatic heterocycles. The van der Waals surface area contributed by atoms with Crippen LogP contribution in [-0.2, 0) is 32.2 Å². The Bertz CT molecular complexity index is 1000. The SMILES string of the molecule is COCCCN1CCOc2ccc(CO[C@H]3CNC[C@@H](CC[C@H](C)O)[C@@H]3c3ccc(COCCOC)cc3)cc21. The predicted octanol–water partition coefficient (Wildman–Crippen LogP) is 4.13. The molecule has 0 unspecified atom stereocenters. The second-order valence-corrected chi connectivity index (χ2v) is 11.0. The van der Waals surface area contributed by atoms with Crippen LogP contribution in [0.5, 0.6) is 5.75 Å². The lowest BCUT2D eigenvalue weighted by Crippen LogP contribution is -2.47. The first-order valence-corrected chi connectivity index (χ1v) is 14.7. The monoisotopic (exact) mass is 556 g/mol. The Morgan fingerprint density at radius 2 is 1.80 bits per heavy atom. The Labute approximate surface area is 239 Å². The molecule has 0 radical (unpaired) electrons. The van der Waals surface area contributed by atoms with Crippen molar-refractivity contribution in [3.63, 3.8) is 0 Å². The fourth-order valence-electron chi connectivity index (χ4n) is 5.77. The van der Waals surface area contributed by atoms with Crippen LogP contribution in [0.15, 0.2) is 42.5 Å². The van der Waals surface area contributed by atoms with Gasteiger partial charge < -0.3 is 39.0 Å². The zero-order valence-corrected chi connectivity index (χ0v) is 24.5. The van der Waals surface area contributed by atoms with Crippen LogP contribution < -0.4 is 15.0 Å². The summed E-state index contributed by atoms with van der Waals surface area (Å²) in [6.45, 7) is 9.18. The second-order valence-electron chi connectivity index (χ2n) is 11.0. The van der Waals surface area contributed by atoms with Crippen LogP contribution in [0.4, 0.5) is 5.69 Å². The van der Waals surface area contributed by atoms with E-state index in [-0.39, 0.29) is 18.1 Å². The summed E-state index contributed by atoms with van der Waals surface area (Å²) in [5.41, 5.74) is 4.72. The Morgan fingerprint density at radius 3 is 2.58 bits per heavy atom. The Hall–Kier alpha value is -2.20. The van der Waals surface area contributed by atoms with Crippen LogP contribution in [-0.4, -0.2) is 84.1 Å². The number of nitrogens with zero attached hydrogens (tertiary/aromatic N) is 1. The normalized spacial score (nSPS) is 21.6. The van der Waals surface area contributed by atoms with E-state index in [1.807, 2.05) is 6.92 Å². The van der Waals surface area contributed by atoms with Crippen LogP contribution in [0.25, 0.3) is 0 Å². The van der Waals surface area contributed by atoms with E-state index in [0.717, 1.165) is 74.6 Å². The molecular weight excluding hydrogens is 508 g/mol. The molecule has 8 nitrogen and oxygen atoms in total. The molecule has 2 aliphatic heterocycles. The maximum atomic E-state index is 10.0. The minimum Gasteiger partial charge on any atom is -0.490 e. The third kappa shape index (κ3) is 8.90. The maximum Gasteiger partial charge on any atom is 0.142 e. The van der Waals surface area contributed by atoms with Gasteiger partial charge in [0.2, 0.25) is 0 Å². The van der Waals surface area contributed by atoms with E-state index in [9.17, 15) is 5.11 Å². The van der Waals surface area contributed by atoms with Crippen molar-refractivity contribution in [2.45, 2.75) is 57.5 Å². The van der Waals surface area contributed by atoms with Gasteiger partial charge in [-0.3, -0.25) is 0 Å². The van der Waals surface area contributed by atoms with Crippen LogP contribution >= 0.6 is 0 Å². The molecule has 2 N–H and O–H groups in total. The van der Waals surface area contributed by atoms with Crippen molar-refractivity contribution in [1.82, 2.24) is 5.32 Å². The molecule has 2 heterocycles. The van der Waals surface area contributed by atoms with Gasteiger partial charge in [0.1, 0.15) is 12.4 Å². The first-order chi connectivity index (χ1) is 19.6. The number of benzene rings is 2. The van der Waals surface area contributed by atoms with Gasteiger partial charge in [0.15, 0.2) is 0 Å². The Kier molecular flexibility index (Phi) is 12.5. The molecule has 0 bridgehead atoms. The van der Waals surface area contributed by atoms with E-state index >= 15 is 0 Å². The molecule has 4 rings (SSSR count). The summed E-state index contributed by atoms with van der Waals surface area (Å²) in [6, 6.07) is 15.2. The second kappa shape index (κ2) is 16.3. The molecule has 40 heavy (non-hydrogen) atoms. The summed E-state index contributed by atoms with van der Waals surface area (Å²) in [6.07, 6.45) is 2.44. The summed E-state index contributed by atoms with van der Waals surface area (Å²) in [4.78, 5) is 2.39. The number of methoxy groups -OCH3 is 2. The lowest BCUT2D eigenvalue weighted by atomic mass is 9.76. The topological polar surface area (TPSA) is 81.7 Å². The highest BCUT2D eigenvalue weighted by atomic mass is 16.5. The average molecular weight is 557 g/mol. The smallest absolute Gasteiger partial charge is 0.142 e. The van der Waals surface area contributed by atoms with E-state index in [1.165, 1.54) is 5.56 Å². The van der Waals surface area contributed by atoms with Crippen molar-refractivity contribution >= 4 is 5.69 Å². The van der Waals surface area contributed by atoms with Crippen molar-refractivity contribution in [3.05, 3.63) is 59.2 Å². The number of hydrogen-bond acceptors (Lipinski definition) is 8. The van der Waals surface area contributed by atoms with Gasteiger partial charge in [0.05, 0.1) is 50.9 Å². The zero-order valence-electron chi connectivity index (χ0n) is 24.5. The molecule has 0 aliphatic carbocycles. The van der Waals surface area contributed by atoms with Gasteiger partial charge in [-0.1, -0.05) is 30.3 Å². The van der Waals surface area contributed by atoms with E-state index in [0.29, 0.717) is 39.0 Å².